The molecule has 0 aliphatic carbocycles. The summed E-state index contributed by atoms with van der Waals surface area (Å²) in [5.74, 6) is 0.711. The minimum atomic E-state index is 0.711. The maximum Gasteiger partial charge on any atom is -0.0265 e. The zero-order valence-corrected chi connectivity index (χ0v) is 29.3. The number of hydrogen-bond acceptors (Lipinski definition) is 0. The molecule has 0 nitrogen and oxygen atoms in total. The highest BCUT2D eigenvalue weighted by Crippen LogP contribution is 2.17. The third-order valence-corrected chi connectivity index (χ3v) is 9.67. The van der Waals surface area contributed by atoms with E-state index in [1.54, 1.807) is 0 Å². The van der Waals surface area contributed by atoms with Gasteiger partial charge in [-0.05, 0) is 12.3 Å². The molecule has 1 unspecified atom stereocenters. The lowest BCUT2D eigenvalue weighted by Crippen LogP contribution is -1.89. The van der Waals surface area contributed by atoms with Crippen LogP contribution in [0.15, 0.2) is 12.7 Å². The average molecular weight is 575 g/mol. The lowest BCUT2D eigenvalue weighted by atomic mass is 10.0. The van der Waals surface area contributed by atoms with E-state index in [0.29, 0.717) is 5.92 Å². The Morgan fingerprint density at radius 1 is 0.317 bits per heavy atom. The van der Waals surface area contributed by atoms with Gasteiger partial charge in [0.15, 0.2) is 0 Å². The summed E-state index contributed by atoms with van der Waals surface area (Å²) in [6.45, 7) is 8.48. The zero-order valence-electron chi connectivity index (χ0n) is 29.3. The number of rotatable bonds is 37. The maximum atomic E-state index is 3.89. The Hall–Kier alpha value is -0.260. The third-order valence-electron chi connectivity index (χ3n) is 9.67. The van der Waals surface area contributed by atoms with Crippen LogP contribution in [-0.2, 0) is 0 Å². The summed E-state index contributed by atoms with van der Waals surface area (Å²) in [6, 6.07) is 0. The zero-order chi connectivity index (χ0) is 29.7. The van der Waals surface area contributed by atoms with Crippen LogP contribution < -0.4 is 0 Å². The van der Waals surface area contributed by atoms with Crippen LogP contribution in [0.4, 0.5) is 0 Å². The molecule has 0 spiro atoms. The van der Waals surface area contributed by atoms with Gasteiger partial charge in [0.2, 0.25) is 0 Å². The molecule has 0 heteroatoms. The topological polar surface area (TPSA) is 0 Å². The van der Waals surface area contributed by atoms with E-state index in [4.69, 9.17) is 0 Å². The Bertz CT molecular complexity index is 451. The van der Waals surface area contributed by atoms with E-state index in [2.05, 4.69) is 26.5 Å². The summed E-state index contributed by atoms with van der Waals surface area (Å²) in [5.41, 5.74) is 0. The Balaban J connectivity index is 3.04. The molecule has 0 saturated carbocycles. The highest BCUT2D eigenvalue weighted by atomic mass is 14.0. The minimum Gasteiger partial charge on any atom is -0.103 e. The predicted molar refractivity (Wildman–Crippen MR) is 191 cm³/mol. The van der Waals surface area contributed by atoms with Gasteiger partial charge >= 0.3 is 0 Å². The van der Waals surface area contributed by atoms with Crippen molar-refractivity contribution in [1.82, 2.24) is 0 Å². The van der Waals surface area contributed by atoms with Crippen molar-refractivity contribution in [3.63, 3.8) is 0 Å². The van der Waals surface area contributed by atoms with Crippen LogP contribution in [0.1, 0.15) is 245 Å². The van der Waals surface area contributed by atoms with E-state index >= 15 is 0 Å². The molecule has 0 radical (unpaired) electrons. The summed E-state index contributed by atoms with van der Waals surface area (Å²) in [5, 5.41) is 0. The van der Waals surface area contributed by atoms with Gasteiger partial charge in [-0.25, -0.2) is 0 Å². The van der Waals surface area contributed by atoms with Crippen LogP contribution in [0, 0.1) is 5.92 Å². The second kappa shape index (κ2) is 37.8. The van der Waals surface area contributed by atoms with Gasteiger partial charge in [0.05, 0.1) is 0 Å². The smallest absolute Gasteiger partial charge is 0.0265 e. The van der Waals surface area contributed by atoms with Crippen LogP contribution in [0.3, 0.4) is 0 Å². The van der Waals surface area contributed by atoms with E-state index in [1.807, 2.05) is 0 Å². The van der Waals surface area contributed by atoms with Crippen molar-refractivity contribution >= 4 is 0 Å². The van der Waals surface area contributed by atoms with E-state index < -0.39 is 0 Å². The highest BCUT2D eigenvalue weighted by Gasteiger charge is 1.98. The molecule has 0 heterocycles. The monoisotopic (exact) mass is 575 g/mol. The van der Waals surface area contributed by atoms with Crippen molar-refractivity contribution in [2.45, 2.75) is 245 Å². The van der Waals surface area contributed by atoms with E-state index in [9.17, 15) is 0 Å². The second-order valence-electron chi connectivity index (χ2n) is 14.0. The standard InChI is InChI=1S/C41H82/c1-4-6-7-8-9-10-11-12-13-14-15-16-17-18-19-20-21-22-23-24-25-26-27-28-29-30-31-32-33-34-35-36-37-38-39-40-41(3)5-2/h5,41H,2,4,6-40H2,1,3H3. The van der Waals surface area contributed by atoms with Crippen LogP contribution in [0.5, 0.6) is 0 Å². The molecule has 0 saturated heterocycles. The summed E-state index contributed by atoms with van der Waals surface area (Å²) < 4.78 is 0. The largest absolute Gasteiger partial charge is 0.103 e. The molecule has 0 aromatic heterocycles. The van der Waals surface area contributed by atoms with E-state index in [-0.39, 0.29) is 0 Å². The molecule has 0 aliphatic heterocycles. The van der Waals surface area contributed by atoms with Crippen molar-refractivity contribution in [2.75, 3.05) is 0 Å². The Kier molecular flexibility index (Phi) is 37.5. The van der Waals surface area contributed by atoms with Gasteiger partial charge in [0.25, 0.3) is 0 Å². The van der Waals surface area contributed by atoms with Crippen molar-refractivity contribution in [2.24, 2.45) is 5.92 Å². The summed E-state index contributed by atoms with van der Waals surface area (Å²) >= 11 is 0. The van der Waals surface area contributed by atoms with Gasteiger partial charge in [-0.3, -0.25) is 0 Å². The predicted octanol–water partition coefficient (Wildman–Crippen LogP) is 15.9. The fourth-order valence-electron chi connectivity index (χ4n) is 6.49. The van der Waals surface area contributed by atoms with Gasteiger partial charge in [0.1, 0.15) is 0 Å². The van der Waals surface area contributed by atoms with E-state index in [1.165, 1.54) is 231 Å². The molecule has 41 heavy (non-hydrogen) atoms. The van der Waals surface area contributed by atoms with Crippen LogP contribution in [-0.4, -0.2) is 0 Å². The molecule has 0 fully saturated rings. The van der Waals surface area contributed by atoms with Gasteiger partial charge in [-0.1, -0.05) is 245 Å². The van der Waals surface area contributed by atoms with Crippen molar-refractivity contribution in [3.8, 4) is 0 Å². The molecule has 0 aromatic carbocycles. The van der Waals surface area contributed by atoms with Gasteiger partial charge in [-0.2, -0.15) is 0 Å². The first-order valence-corrected chi connectivity index (χ1v) is 19.9. The highest BCUT2D eigenvalue weighted by molar-refractivity contribution is 4.74. The third kappa shape index (κ3) is 37.7. The molecule has 246 valence electrons. The fourth-order valence-corrected chi connectivity index (χ4v) is 6.49. The van der Waals surface area contributed by atoms with Gasteiger partial charge in [0, 0.05) is 0 Å². The quantitative estimate of drug-likeness (QED) is 0.0511. The van der Waals surface area contributed by atoms with Crippen molar-refractivity contribution < 1.29 is 0 Å². The number of hydrogen-bond donors (Lipinski definition) is 0. The number of unbranched alkanes of at least 4 members (excludes halogenated alkanes) is 34. The second-order valence-corrected chi connectivity index (χ2v) is 14.0. The van der Waals surface area contributed by atoms with E-state index in [0.717, 1.165) is 0 Å². The molecule has 0 amide bonds. The normalized spacial score (nSPS) is 12.2. The Morgan fingerprint density at radius 3 is 0.659 bits per heavy atom. The molecule has 0 aliphatic rings. The molecule has 0 aromatic rings. The lowest BCUT2D eigenvalue weighted by Gasteiger charge is -2.05. The molecular formula is C41H82. The first-order chi connectivity index (χ1) is 20.3. The lowest BCUT2D eigenvalue weighted by molar-refractivity contribution is 0.508. The first kappa shape index (κ1) is 40.7. The van der Waals surface area contributed by atoms with Gasteiger partial charge < -0.3 is 0 Å². The number of allylic oxidation sites excluding steroid dienone is 1. The average Bonchev–Trinajstić information content (AvgIpc) is 2.99. The summed E-state index contributed by atoms with van der Waals surface area (Å²) in [6.07, 6.45) is 55.1. The SMILES string of the molecule is C=CC(C)CCCCCCCCCCCCCCCCCCCCCCCCCCCCCCCCCCCCC. The fraction of sp³-hybridized carbons (Fsp3) is 0.951. The summed E-state index contributed by atoms with van der Waals surface area (Å²) in [7, 11) is 0. The molecular weight excluding hydrogens is 492 g/mol. The summed E-state index contributed by atoms with van der Waals surface area (Å²) in [4.78, 5) is 0. The first-order valence-electron chi connectivity index (χ1n) is 19.9. The van der Waals surface area contributed by atoms with Crippen LogP contribution in [0.25, 0.3) is 0 Å². The van der Waals surface area contributed by atoms with Crippen LogP contribution >= 0.6 is 0 Å². The Labute approximate surface area is 263 Å². The van der Waals surface area contributed by atoms with Crippen LogP contribution in [0.2, 0.25) is 0 Å². The molecule has 0 rings (SSSR count). The molecule has 0 N–H and O–H groups in total. The van der Waals surface area contributed by atoms with Gasteiger partial charge in [-0.15, -0.1) is 6.58 Å². The van der Waals surface area contributed by atoms with Crippen molar-refractivity contribution in [3.05, 3.63) is 12.7 Å². The van der Waals surface area contributed by atoms with Crippen molar-refractivity contribution in [1.29, 1.82) is 0 Å². The molecule has 1 atom stereocenters. The Morgan fingerprint density at radius 2 is 0.488 bits per heavy atom. The minimum absolute atomic E-state index is 0.711. The molecule has 0 bridgehead atoms. The maximum absolute atomic E-state index is 3.89.